The van der Waals surface area contributed by atoms with Crippen molar-refractivity contribution in [1.82, 2.24) is 9.78 Å². The number of aryl methyl sites for hydroxylation is 2. The van der Waals surface area contributed by atoms with E-state index in [0.717, 1.165) is 3.57 Å². The van der Waals surface area contributed by atoms with E-state index in [1.807, 2.05) is 12.1 Å². The molecule has 7 heteroatoms. The quantitative estimate of drug-likeness (QED) is 0.480. The SMILES string of the molecule is Cc1nn(C)c(Oc2cccc(I)c2)c1[N+](=O)[O-]. The van der Waals surface area contributed by atoms with E-state index in [-0.39, 0.29) is 11.6 Å². The summed E-state index contributed by atoms with van der Waals surface area (Å²) in [6.45, 7) is 1.58. The molecule has 94 valence electrons. The van der Waals surface area contributed by atoms with Crippen molar-refractivity contribution < 1.29 is 9.66 Å². The van der Waals surface area contributed by atoms with Gasteiger partial charge in [0, 0.05) is 10.6 Å². The minimum absolute atomic E-state index is 0.101. The number of rotatable bonds is 3. The second-order valence-corrected chi connectivity index (χ2v) is 4.92. The Kier molecular flexibility index (Phi) is 3.50. The number of nitrogens with zero attached hydrogens (tertiary/aromatic N) is 3. The van der Waals surface area contributed by atoms with Crippen LogP contribution in [0.2, 0.25) is 0 Å². The van der Waals surface area contributed by atoms with Crippen LogP contribution in [0, 0.1) is 20.6 Å². The summed E-state index contributed by atoms with van der Waals surface area (Å²) >= 11 is 2.15. The minimum atomic E-state index is -0.481. The fourth-order valence-electron chi connectivity index (χ4n) is 1.59. The van der Waals surface area contributed by atoms with Gasteiger partial charge in [-0.05, 0) is 47.7 Å². The summed E-state index contributed by atoms with van der Waals surface area (Å²) in [6.07, 6.45) is 0. The fraction of sp³-hybridized carbons (Fsp3) is 0.182. The molecule has 0 atom stereocenters. The van der Waals surface area contributed by atoms with Crippen LogP contribution in [0.3, 0.4) is 0 Å². The maximum Gasteiger partial charge on any atom is 0.353 e. The van der Waals surface area contributed by atoms with Gasteiger partial charge in [0.05, 0.1) is 4.92 Å². The summed E-state index contributed by atoms with van der Waals surface area (Å²) in [5, 5.41) is 15.0. The third-order valence-corrected chi connectivity index (χ3v) is 3.00. The van der Waals surface area contributed by atoms with Crippen LogP contribution in [0.1, 0.15) is 5.69 Å². The van der Waals surface area contributed by atoms with Gasteiger partial charge < -0.3 is 4.74 Å². The summed E-state index contributed by atoms with van der Waals surface area (Å²) in [6, 6.07) is 7.28. The molecule has 0 N–H and O–H groups in total. The Morgan fingerprint density at radius 3 is 2.83 bits per heavy atom. The summed E-state index contributed by atoms with van der Waals surface area (Å²) in [5.41, 5.74) is 0.236. The molecule has 0 aliphatic heterocycles. The molecule has 0 radical (unpaired) electrons. The van der Waals surface area contributed by atoms with Gasteiger partial charge in [0.1, 0.15) is 11.4 Å². The molecule has 0 aliphatic rings. The van der Waals surface area contributed by atoms with E-state index in [2.05, 4.69) is 27.7 Å². The van der Waals surface area contributed by atoms with Crippen LogP contribution < -0.4 is 4.74 Å². The topological polar surface area (TPSA) is 70.2 Å². The van der Waals surface area contributed by atoms with Gasteiger partial charge in [0.2, 0.25) is 0 Å². The zero-order chi connectivity index (χ0) is 13.3. The van der Waals surface area contributed by atoms with E-state index in [9.17, 15) is 10.1 Å². The number of hydrogen-bond donors (Lipinski definition) is 0. The maximum atomic E-state index is 11.0. The summed E-state index contributed by atoms with van der Waals surface area (Å²) in [7, 11) is 1.61. The van der Waals surface area contributed by atoms with Crippen LogP contribution >= 0.6 is 22.6 Å². The lowest BCUT2D eigenvalue weighted by atomic mass is 10.3. The van der Waals surface area contributed by atoms with Crippen molar-refractivity contribution in [3.63, 3.8) is 0 Å². The molecular formula is C11H10IN3O3. The molecule has 0 saturated heterocycles. The van der Waals surface area contributed by atoms with E-state index in [1.165, 1.54) is 4.68 Å². The van der Waals surface area contributed by atoms with Crippen LogP contribution in [-0.2, 0) is 7.05 Å². The molecule has 1 heterocycles. The first-order valence-corrected chi connectivity index (χ1v) is 6.18. The molecule has 6 nitrogen and oxygen atoms in total. The lowest BCUT2D eigenvalue weighted by Crippen LogP contribution is -1.97. The van der Waals surface area contributed by atoms with E-state index in [1.54, 1.807) is 26.1 Å². The van der Waals surface area contributed by atoms with Crippen LogP contribution in [0.15, 0.2) is 24.3 Å². The Hall–Kier alpha value is -1.64. The molecule has 18 heavy (non-hydrogen) atoms. The molecule has 0 aliphatic carbocycles. The van der Waals surface area contributed by atoms with Crippen molar-refractivity contribution in [3.05, 3.63) is 43.6 Å². The molecule has 0 spiro atoms. The highest BCUT2D eigenvalue weighted by molar-refractivity contribution is 14.1. The average Bonchev–Trinajstić information content (AvgIpc) is 2.53. The van der Waals surface area contributed by atoms with Gasteiger partial charge in [0.25, 0.3) is 5.88 Å². The summed E-state index contributed by atoms with van der Waals surface area (Å²) in [4.78, 5) is 10.5. The maximum absolute atomic E-state index is 11.0. The van der Waals surface area contributed by atoms with Crippen molar-refractivity contribution in [2.75, 3.05) is 0 Å². The monoisotopic (exact) mass is 359 g/mol. The van der Waals surface area contributed by atoms with Crippen LogP contribution in [0.5, 0.6) is 11.6 Å². The smallest absolute Gasteiger partial charge is 0.353 e. The second kappa shape index (κ2) is 4.92. The molecule has 0 amide bonds. The number of aromatic nitrogens is 2. The van der Waals surface area contributed by atoms with Gasteiger partial charge in [-0.15, -0.1) is 0 Å². The third kappa shape index (κ3) is 2.45. The number of halogens is 1. The predicted molar refractivity (Wildman–Crippen MR) is 73.8 cm³/mol. The minimum Gasteiger partial charge on any atom is -0.434 e. The second-order valence-electron chi connectivity index (χ2n) is 3.68. The van der Waals surface area contributed by atoms with Crippen LogP contribution in [0.25, 0.3) is 0 Å². The number of ether oxygens (including phenoxy) is 1. The van der Waals surface area contributed by atoms with Gasteiger partial charge in [-0.25, -0.2) is 4.68 Å². The Morgan fingerprint density at radius 1 is 1.50 bits per heavy atom. The van der Waals surface area contributed by atoms with E-state index in [0.29, 0.717) is 11.4 Å². The molecule has 1 aromatic heterocycles. The first-order valence-electron chi connectivity index (χ1n) is 5.10. The van der Waals surface area contributed by atoms with Gasteiger partial charge >= 0.3 is 5.69 Å². The summed E-state index contributed by atoms with van der Waals surface area (Å²) in [5.74, 6) is 0.688. The molecule has 0 unspecified atom stereocenters. The molecule has 2 rings (SSSR count). The molecule has 0 fully saturated rings. The lowest BCUT2D eigenvalue weighted by molar-refractivity contribution is -0.386. The highest BCUT2D eigenvalue weighted by Gasteiger charge is 2.26. The van der Waals surface area contributed by atoms with Gasteiger partial charge in [-0.2, -0.15) is 5.10 Å². The normalized spacial score (nSPS) is 10.4. The average molecular weight is 359 g/mol. The Morgan fingerprint density at radius 2 is 2.22 bits per heavy atom. The third-order valence-electron chi connectivity index (χ3n) is 2.33. The Bertz CT molecular complexity index is 610. The van der Waals surface area contributed by atoms with Crippen molar-refractivity contribution in [2.45, 2.75) is 6.92 Å². The largest absolute Gasteiger partial charge is 0.434 e. The molecular weight excluding hydrogens is 349 g/mol. The lowest BCUT2D eigenvalue weighted by Gasteiger charge is -2.05. The fourth-order valence-corrected chi connectivity index (χ4v) is 2.11. The summed E-state index contributed by atoms with van der Waals surface area (Å²) < 4.78 is 7.92. The molecule has 0 saturated carbocycles. The van der Waals surface area contributed by atoms with Crippen LogP contribution in [-0.4, -0.2) is 14.7 Å². The Balaban J connectivity index is 2.43. The Labute approximate surface area is 117 Å². The van der Waals surface area contributed by atoms with Gasteiger partial charge in [0.15, 0.2) is 0 Å². The highest BCUT2D eigenvalue weighted by atomic mass is 127. The van der Waals surface area contributed by atoms with Crippen molar-refractivity contribution in [3.8, 4) is 11.6 Å². The zero-order valence-electron chi connectivity index (χ0n) is 9.75. The van der Waals surface area contributed by atoms with E-state index in [4.69, 9.17) is 4.74 Å². The van der Waals surface area contributed by atoms with E-state index < -0.39 is 4.92 Å². The van der Waals surface area contributed by atoms with Gasteiger partial charge in [-0.1, -0.05) is 6.07 Å². The van der Waals surface area contributed by atoms with Crippen molar-refractivity contribution in [2.24, 2.45) is 7.05 Å². The number of benzene rings is 1. The standard InChI is InChI=1S/C11H10IN3O3/c1-7-10(15(16)17)11(14(2)13-7)18-9-5-3-4-8(12)6-9/h3-6H,1-2H3. The number of nitro groups is 1. The molecule has 0 bridgehead atoms. The highest BCUT2D eigenvalue weighted by Crippen LogP contribution is 2.33. The number of hydrogen-bond acceptors (Lipinski definition) is 4. The first-order chi connectivity index (χ1) is 8.49. The van der Waals surface area contributed by atoms with Crippen molar-refractivity contribution >= 4 is 28.3 Å². The van der Waals surface area contributed by atoms with E-state index >= 15 is 0 Å². The molecule has 2 aromatic rings. The van der Waals surface area contributed by atoms with Gasteiger partial charge in [-0.3, -0.25) is 10.1 Å². The zero-order valence-corrected chi connectivity index (χ0v) is 11.9. The van der Waals surface area contributed by atoms with Crippen molar-refractivity contribution in [1.29, 1.82) is 0 Å². The first kappa shape index (κ1) is 12.8. The molecule has 1 aromatic carbocycles. The van der Waals surface area contributed by atoms with Crippen LogP contribution in [0.4, 0.5) is 5.69 Å². The predicted octanol–water partition coefficient (Wildman–Crippen LogP) is 3.03.